The molecular formula is C47H29N3O. The predicted molar refractivity (Wildman–Crippen MR) is 209 cm³/mol. The van der Waals surface area contributed by atoms with E-state index in [0.717, 1.165) is 71.7 Å². The molecule has 51 heavy (non-hydrogen) atoms. The Morgan fingerprint density at radius 1 is 0.314 bits per heavy atom. The van der Waals surface area contributed by atoms with E-state index in [0.29, 0.717) is 17.5 Å². The van der Waals surface area contributed by atoms with Crippen LogP contribution in [0.4, 0.5) is 0 Å². The van der Waals surface area contributed by atoms with Crippen molar-refractivity contribution < 1.29 is 4.42 Å². The van der Waals surface area contributed by atoms with Gasteiger partial charge < -0.3 is 4.42 Å². The van der Waals surface area contributed by atoms with Crippen molar-refractivity contribution in [1.82, 2.24) is 15.0 Å². The van der Waals surface area contributed by atoms with Crippen molar-refractivity contribution in [2.24, 2.45) is 0 Å². The van der Waals surface area contributed by atoms with E-state index < -0.39 is 0 Å². The maximum atomic E-state index is 6.69. The predicted octanol–water partition coefficient (Wildman–Crippen LogP) is 12.4. The van der Waals surface area contributed by atoms with Crippen molar-refractivity contribution in [1.29, 1.82) is 0 Å². The van der Waals surface area contributed by atoms with Gasteiger partial charge in [0.25, 0.3) is 0 Å². The largest absolute Gasteiger partial charge is 0.456 e. The number of aromatic nitrogens is 3. The number of benzene rings is 8. The van der Waals surface area contributed by atoms with Crippen LogP contribution in [0.25, 0.3) is 99.9 Å². The highest BCUT2D eigenvalue weighted by molar-refractivity contribution is 6.16. The Bertz CT molecular complexity index is 2900. The lowest BCUT2D eigenvalue weighted by molar-refractivity contribution is 0.669. The van der Waals surface area contributed by atoms with E-state index in [1.54, 1.807) is 0 Å². The smallest absolute Gasteiger partial charge is 0.164 e. The second-order valence-corrected chi connectivity index (χ2v) is 12.9. The van der Waals surface area contributed by atoms with Crippen LogP contribution in [-0.2, 0) is 0 Å². The Hall–Kier alpha value is -6.91. The molecule has 0 radical (unpaired) electrons. The van der Waals surface area contributed by atoms with Crippen LogP contribution in [0, 0.1) is 0 Å². The Labute approximate surface area is 294 Å². The third-order valence-electron chi connectivity index (χ3n) is 9.68. The van der Waals surface area contributed by atoms with Crippen molar-refractivity contribution >= 4 is 43.5 Å². The van der Waals surface area contributed by atoms with Crippen LogP contribution in [0.5, 0.6) is 0 Å². The molecule has 0 aliphatic heterocycles. The first-order chi connectivity index (χ1) is 25.2. The molecule has 10 rings (SSSR count). The van der Waals surface area contributed by atoms with E-state index in [4.69, 9.17) is 19.4 Å². The van der Waals surface area contributed by atoms with Gasteiger partial charge in [-0.3, -0.25) is 0 Å². The Morgan fingerprint density at radius 2 is 0.824 bits per heavy atom. The van der Waals surface area contributed by atoms with Gasteiger partial charge in [-0.1, -0.05) is 146 Å². The van der Waals surface area contributed by atoms with Gasteiger partial charge in [0.05, 0.1) is 0 Å². The van der Waals surface area contributed by atoms with Crippen LogP contribution >= 0.6 is 0 Å². The summed E-state index contributed by atoms with van der Waals surface area (Å²) in [4.78, 5) is 15.4. The number of hydrogen-bond acceptors (Lipinski definition) is 4. The van der Waals surface area contributed by atoms with E-state index in [-0.39, 0.29) is 0 Å². The first-order valence-electron chi connectivity index (χ1n) is 17.1. The summed E-state index contributed by atoms with van der Waals surface area (Å²) in [7, 11) is 0. The summed E-state index contributed by atoms with van der Waals surface area (Å²) in [6, 6.07) is 61.1. The average molecular weight is 652 g/mol. The van der Waals surface area contributed by atoms with Crippen LogP contribution < -0.4 is 0 Å². The Morgan fingerprint density at radius 3 is 1.53 bits per heavy atom. The van der Waals surface area contributed by atoms with Crippen LogP contribution in [0.3, 0.4) is 0 Å². The molecule has 0 aliphatic rings. The highest BCUT2D eigenvalue weighted by atomic mass is 16.3. The normalized spacial score (nSPS) is 11.5. The van der Waals surface area contributed by atoms with E-state index in [9.17, 15) is 0 Å². The van der Waals surface area contributed by atoms with E-state index in [1.165, 1.54) is 10.8 Å². The summed E-state index contributed by atoms with van der Waals surface area (Å²) in [6.45, 7) is 0. The first-order valence-corrected chi connectivity index (χ1v) is 17.1. The molecule has 2 heterocycles. The van der Waals surface area contributed by atoms with Gasteiger partial charge in [-0.25, -0.2) is 15.0 Å². The molecule has 0 unspecified atom stereocenters. The highest BCUT2D eigenvalue weighted by Gasteiger charge is 2.20. The topological polar surface area (TPSA) is 51.8 Å². The van der Waals surface area contributed by atoms with Gasteiger partial charge in [-0.05, 0) is 74.1 Å². The minimum absolute atomic E-state index is 0.592. The number of furan rings is 1. The zero-order chi connectivity index (χ0) is 33.7. The van der Waals surface area contributed by atoms with E-state index in [2.05, 4.69) is 140 Å². The molecule has 0 aliphatic carbocycles. The zero-order valence-corrected chi connectivity index (χ0v) is 27.5. The maximum absolute atomic E-state index is 6.69. The van der Waals surface area contributed by atoms with Crippen LogP contribution in [-0.4, -0.2) is 15.0 Å². The molecular weight excluding hydrogens is 623 g/mol. The summed E-state index contributed by atoms with van der Waals surface area (Å²) >= 11 is 0. The van der Waals surface area contributed by atoms with Gasteiger partial charge in [0.2, 0.25) is 0 Å². The van der Waals surface area contributed by atoms with Crippen LogP contribution in [0.1, 0.15) is 0 Å². The Balaban J connectivity index is 1.23. The Kier molecular flexibility index (Phi) is 6.78. The lowest BCUT2D eigenvalue weighted by Gasteiger charge is -2.12. The molecule has 0 saturated carbocycles. The molecule has 0 amide bonds. The van der Waals surface area contributed by atoms with Gasteiger partial charge in [-0.2, -0.15) is 0 Å². The first kappa shape index (κ1) is 29.0. The third kappa shape index (κ3) is 5.22. The summed E-state index contributed by atoms with van der Waals surface area (Å²) in [5.74, 6) is 1.82. The number of hydrogen-bond donors (Lipinski definition) is 0. The number of nitrogens with zero attached hydrogens (tertiary/aromatic N) is 3. The molecule has 0 saturated heterocycles. The second kappa shape index (κ2) is 11.9. The van der Waals surface area contributed by atoms with Crippen molar-refractivity contribution in [3.8, 4) is 56.4 Å². The molecule has 10 aromatic rings. The monoisotopic (exact) mass is 651 g/mol. The molecule has 238 valence electrons. The summed E-state index contributed by atoms with van der Waals surface area (Å²) in [5.41, 5.74) is 8.78. The van der Waals surface area contributed by atoms with Crippen molar-refractivity contribution in [3.63, 3.8) is 0 Å². The number of rotatable bonds is 5. The minimum atomic E-state index is 0.592. The molecule has 0 spiro atoms. The molecule has 4 heteroatoms. The molecule has 0 atom stereocenters. The lowest BCUT2D eigenvalue weighted by atomic mass is 9.96. The standard InChI is InChI=1S/C47H29N3O/c1-3-11-30(12-4-1)32-19-22-34(23-20-32)46-48-45(33-14-5-2-6-15-33)49-47(50-46)41-27-39(38-24-21-31-13-7-8-16-35(31)25-38)29-43-44(41)40-26-36-17-9-10-18-37(36)28-42(40)51-43/h1-29H. The van der Waals surface area contributed by atoms with Crippen molar-refractivity contribution in [2.75, 3.05) is 0 Å². The second-order valence-electron chi connectivity index (χ2n) is 12.9. The lowest BCUT2D eigenvalue weighted by Crippen LogP contribution is -2.00. The maximum Gasteiger partial charge on any atom is 0.164 e. The quantitative estimate of drug-likeness (QED) is 0.186. The fraction of sp³-hybridized carbons (Fsp3) is 0. The SMILES string of the molecule is c1ccc(-c2ccc(-c3nc(-c4ccccc4)nc(-c4cc(-c5ccc6ccccc6c5)cc5oc6cc7ccccc7cc6c45)n3)cc2)cc1. The van der Waals surface area contributed by atoms with Gasteiger partial charge in [-0.15, -0.1) is 0 Å². The van der Waals surface area contributed by atoms with Gasteiger partial charge in [0.1, 0.15) is 11.2 Å². The molecule has 0 N–H and O–H groups in total. The molecule has 4 nitrogen and oxygen atoms in total. The molecule has 8 aromatic carbocycles. The summed E-state index contributed by atoms with van der Waals surface area (Å²) in [5, 5.41) is 6.67. The van der Waals surface area contributed by atoms with Crippen LogP contribution in [0.15, 0.2) is 180 Å². The van der Waals surface area contributed by atoms with Gasteiger partial charge in [0, 0.05) is 27.5 Å². The molecule has 0 bridgehead atoms. The summed E-state index contributed by atoms with van der Waals surface area (Å²) in [6.07, 6.45) is 0. The molecule has 2 aromatic heterocycles. The zero-order valence-electron chi connectivity index (χ0n) is 27.5. The average Bonchev–Trinajstić information content (AvgIpc) is 3.57. The van der Waals surface area contributed by atoms with Crippen LogP contribution in [0.2, 0.25) is 0 Å². The third-order valence-corrected chi connectivity index (χ3v) is 9.68. The number of fused-ring (bicyclic) bond motifs is 5. The fourth-order valence-corrected chi connectivity index (χ4v) is 7.09. The van der Waals surface area contributed by atoms with E-state index >= 15 is 0 Å². The summed E-state index contributed by atoms with van der Waals surface area (Å²) < 4.78 is 6.69. The van der Waals surface area contributed by atoms with Crippen molar-refractivity contribution in [2.45, 2.75) is 0 Å². The van der Waals surface area contributed by atoms with Gasteiger partial charge >= 0.3 is 0 Å². The minimum Gasteiger partial charge on any atom is -0.456 e. The van der Waals surface area contributed by atoms with Crippen molar-refractivity contribution in [3.05, 3.63) is 176 Å². The van der Waals surface area contributed by atoms with E-state index in [1.807, 2.05) is 36.4 Å². The molecule has 0 fully saturated rings. The highest BCUT2D eigenvalue weighted by Crippen LogP contribution is 2.41. The van der Waals surface area contributed by atoms with Gasteiger partial charge in [0.15, 0.2) is 17.5 Å². The fourth-order valence-electron chi connectivity index (χ4n) is 7.09.